The lowest BCUT2D eigenvalue weighted by molar-refractivity contribution is 0.600. The van der Waals surface area contributed by atoms with Gasteiger partial charge in [-0.05, 0) is 57.5 Å². The van der Waals surface area contributed by atoms with Crippen molar-refractivity contribution >= 4 is 11.3 Å². The first-order valence-electron chi connectivity index (χ1n) is 6.40. The summed E-state index contributed by atoms with van der Waals surface area (Å²) in [5, 5.41) is 3.44. The zero-order valence-electron chi connectivity index (χ0n) is 11.6. The number of rotatable bonds is 4. The van der Waals surface area contributed by atoms with Crippen LogP contribution in [0.5, 0.6) is 0 Å². The van der Waals surface area contributed by atoms with E-state index in [4.69, 9.17) is 0 Å². The topological polar surface area (TPSA) is 12.0 Å². The van der Waals surface area contributed by atoms with Crippen LogP contribution in [0.15, 0.2) is 30.3 Å². The lowest BCUT2D eigenvalue weighted by Crippen LogP contribution is -2.18. The van der Waals surface area contributed by atoms with E-state index in [9.17, 15) is 0 Å². The Morgan fingerprint density at radius 2 is 1.89 bits per heavy atom. The highest BCUT2D eigenvalue weighted by molar-refractivity contribution is 7.12. The van der Waals surface area contributed by atoms with Gasteiger partial charge in [0.15, 0.2) is 0 Å². The van der Waals surface area contributed by atoms with Crippen molar-refractivity contribution in [3.05, 3.63) is 56.8 Å². The fourth-order valence-electron chi connectivity index (χ4n) is 2.23. The minimum absolute atomic E-state index is 0.421. The second-order valence-electron chi connectivity index (χ2n) is 4.92. The number of aryl methyl sites for hydroxylation is 3. The van der Waals surface area contributed by atoms with E-state index in [-0.39, 0.29) is 0 Å². The van der Waals surface area contributed by atoms with Gasteiger partial charge in [0, 0.05) is 15.8 Å². The largest absolute Gasteiger partial charge is 0.312 e. The van der Waals surface area contributed by atoms with E-state index in [2.05, 4.69) is 56.4 Å². The number of benzene rings is 1. The first-order chi connectivity index (χ1) is 8.60. The molecule has 96 valence electrons. The summed E-state index contributed by atoms with van der Waals surface area (Å²) in [5.74, 6) is 0. The molecular formula is C16H21NS. The van der Waals surface area contributed by atoms with E-state index >= 15 is 0 Å². The van der Waals surface area contributed by atoms with E-state index < -0.39 is 0 Å². The fraction of sp³-hybridized carbons (Fsp3) is 0.375. The normalized spacial score (nSPS) is 12.7. The third-order valence-corrected chi connectivity index (χ3v) is 4.50. The van der Waals surface area contributed by atoms with Crippen molar-refractivity contribution in [1.82, 2.24) is 5.32 Å². The van der Waals surface area contributed by atoms with Crippen LogP contribution in [0.25, 0.3) is 0 Å². The monoisotopic (exact) mass is 259 g/mol. The molecule has 18 heavy (non-hydrogen) atoms. The smallest absolute Gasteiger partial charge is 0.0453 e. The van der Waals surface area contributed by atoms with Gasteiger partial charge in [0.25, 0.3) is 0 Å². The number of thiophene rings is 1. The third kappa shape index (κ3) is 3.01. The van der Waals surface area contributed by atoms with Crippen LogP contribution in [-0.2, 0) is 6.42 Å². The van der Waals surface area contributed by atoms with Gasteiger partial charge in [0.05, 0.1) is 0 Å². The average Bonchev–Trinajstić information content (AvgIpc) is 2.77. The van der Waals surface area contributed by atoms with Crippen molar-refractivity contribution in [2.24, 2.45) is 0 Å². The lowest BCUT2D eigenvalue weighted by atomic mass is 9.98. The molecule has 0 aliphatic rings. The minimum Gasteiger partial charge on any atom is -0.312 e. The molecule has 1 nitrogen and oxygen atoms in total. The number of likely N-dealkylation sites (N-methyl/N-ethyl adjacent to an activating group) is 1. The molecule has 0 amide bonds. The second kappa shape index (κ2) is 5.68. The molecule has 1 atom stereocenters. The molecule has 0 saturated carbocycles. The molecular weight excluding hydrogens is 238 g/mol. The molecule has 0 saturated heterocycles. The molecule has 1 aromatic heterocycles. The Balaban J connectivity index is 2.22. The fourth-order valence-corrected chi connectivity index (χ4v) is 3.21. The Morgan fingerprint density at radius 1 is 1.11 bits per heavy atom. The molecule has 1 heterocycles. The van der Waals surface area contributed by atoms with Crippen LogP contribution in [-0.4, -0.2) is 7.05 Å². The molecule has 0 fully saturated rings. The van der Waals surface area contributed by atoms with Gasteiger partial charge in [0.1, 0.15) is 0 Å². The van der Waals surface area contributed by atoms with Gasteiger partial charge in [0.2, 0.25) is 0 Å². The Labute approximate surface area is 114 Å². The molecule has 0 aliphatic heterocycles. The van der Waals surface area contributed by atoms with Crippen molar-refractivity contribution in [3.8, 4) is 0 Å². The highest BCUT2D eigenvalue weighted by Crippen LogP contribution is 2.26. The van der Waals surface area contributed by atoms with E-state index in [1.807, 2.05) is 18.4 Å². The maximum atomic E-state index is 3.44. The predicted molar refractivity (Wildman–Crippen MR) is 80.5 cm³/mol. The minimum atomic E-state index is 0.421. The summed E-state index contributed by atoms with van der Waals surface area (Å²) >= 11 is 1.89. The predicted octanol–water partition coefficient (Wildman–Crippen LogP) is 4.18. The highest BCUT2D eigenvalue weighted by atomic mass is 32.1. The van der Waals surface area contributed by atoms with Gasteiger partial charge in [-0.2, -0.15) is 0 Å². The summed E-state index contributed by atoms with van der Waals surface area (Å²) in [6, 6.07) is 11.6. The third-order valence-electron chi connectivity index (χ3n) is 3.38. The lowest BCUT2D eigenvalue weighted by Gasteiger charge is -2.16. The maximum absolute atomic E-state index is 3.44. The van der Waals surface area contributed by atoms with E-state index in [1.165, 1.54) is 26.4 Å². The molecule has 1 aromatic carbocycles. The summed E-state index contributed by atoms with van der Waals surface area (Å²) in [6.07, 6.45) is 1.06. The SMILES string of the molecule is CNC(Cc1cc(C)ccc1C)c1ccc(C)s1. The molecule has 0 bridgehead atoms. The molecule has 0 radical (unpaired) electrons. The van der Waals surface area contributed by atoms with Crippen molar-refractivity contribution in [2.75, 3.05) is 7.05 Å². The average molecular weight is 259 g/mol. The summed E-state index contributed by atoms with van der Waals surface area (Å²) < 4.78 is 0. The Morgan fingerprint density at radius 3 is 2.50 bits per heavy atom. The van der Waals surface area contributed by atoms with Crippen LogP contribution >= 0.6 is 11.3 Å². The second-order valence-corrected chi connectivity index (χ2v) is 6.24. The van der Waals surface area contributed by atoms with E-state index in [0.29, 0.717) is 6.04 Å². The molecule has 2 aromatic rings. The first-order valence-corrected chi connectivity index (χ1v) is 7.21. The van der Waals surface area contributed by atoms with Gasteiger partial charge < -0.3 is 5.32 Å². The van der Waals surface area contributed by atoms with Crippen LogP contribution < -0.4 is 5.32 Å². The molecule has 2 rings (SSSR count). The van der Waals surface area contributed by atoms with Gasteiger partial charge >= 0.3 is 0 Å². The zero-order valence-corrected chi connectivity index (χ0v) is 12.4. The Kier molecular flexibility index (Phi) is 4.20. The highest BCUT2D eigenvalue weighted by Gasteiger charge is 2.13. The van der Waals surface area contributed by atoms with Crippen molar-refractivity contribution in [3.63, 3.8) is 0 Å². The summed E-state index contributed by atoms with van der Waals surface area (Å²) in [6.45, 7) is 6.52. The Bertz CT molecular complexity index is 528. The van der Waals surface area contributed by atoms with Crippen LogP contribution in [0, 0.1) is 20.8 Å². The van der Waals surface area contributed by atoms with Crippen LogP contribution in [0.4, 0.5) is 0 Å². The van der Waals surface area contributed by atoms with Gasteiger partial charge in [-0.15, -0.1) is 11.3 Å². The van der Waals surface area contributed by atoms with Crippen LogP contribution in [0.3, 0.4) is 0 Å². The van der Waals surface area contributed by atoms with Gasteiger partial charge in [-0.3, -0.25) is 0 Å². The van der Waals surface area contributed by atoms with Crippen molar-refractivity contribution in [1.29, 1.82) is 0 Å². The molecule has 1 N–H and O–H groups in total. The molecule has 0 aliphatic carbocycles. The number of nitrogens with one attached hydrogen (secondary N) is 1. The molecule has 2 heteroatoms. The van der Waals surface area contributed by atoms with Crippen LogP contribution in [0.1, 0.15) is 32.5 Å². The summed E-state index contributed by atoms with van der Waals surface area (Å²) in [4.78, 5) is 2.81. The van der Waals surface area contributed by atoms with Crippen LogP contribution in [0.2, 0.25) is 0 Å². The molecule has 1 unspecified atom stereocenters. The van der Waals surface area contributed by atoms with Gasteiger partial charge in [-0.1, -0.05) is 23.8 Å². The van der Waals surface area contributed by atoms with E-state index in [0.717, 1.165) is 6.42 Å². The Hall–Kier alpha value is -1.12. The molecule has 0 spiro atoms. The van der Waals surface area contributed by atoms with Crippen molar-refractivity contribution in [2.45, 2.75) is 33.2 Å². The standard InChI is InChI=1S/C16H21NS/c1-11-5-6-12(2)14(9-11)10-15(17-4)16-8-7-13(3)18-16/h5-9,15,17H,10H2,1-4H3. The van der Waals surface area contributed by atoms with Crippen molar-refractivity contribution < 1.29 is 0 Å². The quantitative estimate of drug-likeness (QED) is 0.868. The number of hydrogen-bond acceptors (Lipinski definition) is 2. The van der Waals surface area contributed by atoms with E-state index in [1.54, 1.807) is 0 Å². The maximum Gasteiger partial charge on any atom is 0.0453 e. The summed E-state index contributed by atoms with van der Waals surface area (Å²) in [7, 11) is 2.05. The zero-order chi connectivity index (χ0) is 13.1. The van der Waals surface area contributed by atoms with Gasteiger partial charge in [-0.25, -0.2) is 0 Å². The first kappa shape index (κ1) is 13.3. The number of hydrogen-bond donors (Lipinski definition) is 1. The summed E-state index contributed by atoms with van der Waals surface area (Å²) in [5.41, 5.74) is 4.17.